The van der Waals surface area contributed by atoms with E-state index in [2.05, 4.69) is 10.3 Å². The highest BCUT2D eigenvalue weighted by atomic mass is 19.4. The Labute approximate surface area is 236 Å². The third-order valence-corrected chi connectivity index (χ3v) is 6.89. The Hall–Kier alpha value is -4.74. The maximum atomic E-state index is 13.7. The number of nitrogens with two attached hydrogens (primary N) is 1. The summed E-state index contributed by atoms with van der Waals surface area (Å²) in [5.74, 6) is -3.11. The van der Waals surface area contributed by atoms with Gasteiger partial charge >= 0.3 is 6.18 Å². The van der Waals surface area contributed by atoms with Gasteiger partial charge in [0.05, 0.1) is 12.1 Å². The molecule has 0 saturated carbocycles. The summed E-state index contributed by atoms with van der Waals surface area (Å²) in [5, 5.41) is 2.81. The van der Waals surface area contributed by atoms with Crippen molar-refractivity contribution in [1.29, 1.82) is 0 Å². The second kappa shape index (κ2) is 11.3. The summed E-state index contributed by atoms with van der Waals surface area (Å²) in [5.41, 5.74) is 6.21. The molecule has 2 aromatic heterocycles. The highest BCUT2D eigenvalue weighted by molar-refractivity contribution is 5.97. The molecule has 7 nitrogen and oxygen atoms in total. The van der Waals surface area contributed by atoms with Crippen LogP contribution in [0.15, 0.2) is 71.3 Å². The molecular formula is C30H25F5N4O3. The van der Waals surface area contributed by atoms with Crippen LogP contribution < -0.4 is 11.1 Å². The molecule has 12 heteroatoms. The summed E-state index contributed by atoms with van der Waals surface area (Å²) in [7, 11) is 0. The normalized spacial score (nSPS) is 15.3. The Balaban J connectivity index is 1.36. The van der Waals surface area contributed by atoms with Crippen LogP contribution >= 0.6 is 0 Å². The number of alkyl halides is 5. The largest absolute Gasteiger partial charge is 0.459 e. The zero-order chi connectivity index (χ0) is 30.1. The zero-order valence-electron chi connectivity index (χ0n) is 22.1. The number of pyridine rings is 1. The summed E-state index contributed by atoms with van der Waals surface area (Å²) in [4.78, 5) is 30.3. The molecule has 1 fully saturated rings. The van der Waals surface area contributed by atoms with E-state index in [9.17, 15) is 31.5 Å². The number of nitrogens with zero attached hydrogens (tertiary/aromatic N) is 2. The second-order valence-electron chi connectivity index (χ2n) is 9.95. The summed E-state index contributed by atoms with van der Waals surface area (Å²) < 4.78 is 74.0. The van der Waals surface area contributed by atoms with Gasteiger partial charge in [0.25, 0.3) is 11.8 Å². The lowest BCUT2D eigenvalue weighted by Gasteiger charge is -2.31. The van der Waals surface area contributed by atoms with Gasteiger partial charge in [-0.05, 0) is 59.7 Å². The molecule has 1 aliphatic rings. The van der Waals surface area contributed by atoms with E-state index in [-0.39, 0.29) is 47.5 Å². The van der Waals surface area contributed by atoms with E-state index in [4.69, 9.17) is 10.2 Å². The van der Waals surface area contributed by atoms with E-state index >= 15 is 0 Å². The van der Waals surface area contributed by atoms with Gasteiger partial charge in [-0.15, -0.1) is 0 Å². The number of anilines is 1. The fourth-order valence-electron chi connectivity index (χ4n) is 4.60. The third kappa shape index (κ3) is 6.59. The molecule has 5 rings (SSSR count). The van der Waals surface area contributed by atoms with Crippen LogP contribution in [-0.4, -0.2) is 40.7 Å². The molecule has 0 bridgehead atoms. The van der Waals surface area contributed by atoms with Gasteiger partial charge in [-0.25, -0.2) is 13.8 Å². The smallest absolute Gasteiger partial charge is 0.416 e. The van der Waals surface area contributed by atoms with Crippen molar-refractivity contribution in [2.45, 2.75) is 31.5 Å². The number of rotatable bonds is 6. The van der Waals surface area contributed by atoms with Crippen LogP contribution in [0, 0.1) is 0 Å². The van der Waals surface area contributed by atoms with Crippen molar-refractivity contribution >= 4 is 34.7 Å². The number of carbonyl (C=O) groups excluding carboxylic acids is 2. The zero-order valence-corrected chi connectivity index (χ0v) is 22.1. The summed E-state index contributed by atoms with van der Waals surface area (Å²) in [6.07, 6.45) is -1.17. The molecule has 0 radical (unpaired) electrons. The first-order valence-corrected chi connectivity index (χ1v) is 13.0. The average Bonchev–Trinajstić information content (AvgIpc) is 3.38. The van der Waals surface area contributed by atoms with Crippen LogP contribution in [0.4, 0.5) is 27.8 Å². The highest BCUT2D eigenvalue weighted by Crippen LogP contribution is 2.39. The lowest BCUT2D eigenvalue weighted by molar-refractivity contribution is -0.137. The minimum absolute atomic E-state index is 0.0814. The number of aromatic nitrogens is 1. The monoisotopic (exact) mass is 584 g/mol. The number of likely N-dealkylation sites (tertiary alicyclic amines) is 1. The van der Waals surface area contributed by atoms with Crippen molar-refractivity contribution in [1.82, 2.24) is 15.2 Å². The molecule has 218 valence electrons. The van der Waals surface area contributed by atoms with Crippen molar-refractivity contribution in [3.05, 3.63) is 89.3 Å². The fraction of sp³-hybridized carbons (Fsp3) is 0.233. The first-order valence-electron chi connectivity index (χ1n) is 13.0. The van der Waals surface area contributed by atoms with Crippen molar-refractivity contribution in [2.75, 3.05) is 18.8 Å². The maximum Gasteiger partial charge on any atom is 0.416 e. The van der Waals surface area contributed by atoms with Crippen LogP contribution in [0.2, 0.25) is 0 Å². The number of amides is 2. The van der Waals surface area contributed by atoms with Crippen molar-refractivity contribution in [2.24, 2.45) is 0 Å². The first kappa shape index (κ1) is 28.8. The average molecular weight is 585 g/mol. The molecule has 0 spiro atoms. The fourth-order valence-corrected chi connectivity index (χ4v) is 4.60. The topological polar surface area (TPSA) is 101 Å². The van der Waals surface area contributed by atoms with Crippen LogP contribution in [0.3, 0.4) is 0 Å². The number of nitrogen functional groups attached to an aromatic ring is 1. The quantitative estimate of drug-likeness (QED) is 0.205. The number of piperidine rings is 1. The van der Waals surface area contributed by atoms with Gasteiger partial charge in [0.15, 0.2) is 0 Å². The molecule has 0 atom stereocenters. The summed E-state index contributed by atoms with van der Waals surface area (Å²) in [6.45, 7) is -0.245. The minimum Gasteiger partial charge on any atom is -0.459 e. The second-order valence-corrected chi connectivity index (χ2v) is 9.95. The van der Waals surface area contributed by atoms with Crippen molar-refractivity contribution in [3.8, 4) is 11.1 Å². The van der Waals surface area contributed by atoms with Gasteiger partial charge in [0.1, 0.15) is 17.2 Å². The first-order chi connectivity index (χ1) is 19.9. The van der Waals surface area contributed by atoms with E-state index in [1.165, 1.54) is 53.6 Å². The van der Waals surface area contributed by atoms with Crippen LogP contribution in [0.25, 0.3) is 28.2 Å². The molecule has 3 N–H and O–H groups in total. The number of hydrogen-bond donors (Lipinski definition) is 2. The number of halogens is 5. The van der Waals surface area contributed by atoms with Gasteiger partial charge in [0, 0.05) is 54.7 Å². The third-order valence-electron chi connectivity index (χ3n) is 6.89. The molecule has 0 unspecified atom stereocenters. The standard InChI is InChI=1S/C30H25F5N4O3/c31-29(32)9-11-39(12-10-29)28(41)20-5-3-19(4-6-20)24-15-22(30(33,34)35)13-21-14-23(42-27(21)24)17-38-26(40)8-2-18-1-7-25(36)37-16-18/h1-8,13-16H,9-12,17H2,(H2,36,37)(H,38,40). The minimum atomic E-state index is -4.64. The molecule has 4 aromatic rings. The number of furan rings is 1. The predicted octanol–water partition coefficient (Wildman–Crippen LogP) is 6.30. The molecule has 0 aliphatic carbocycles. The summed E-state index contributed by atoms with van der Waals surface area (Å²) >= 11 is 0. The van der Waals surface area contributed by atoms with E-state index in [0.29, 0.717) is 16.9 Å². The Morgan fingerprint density at radius 1 is 1.05 bits per heavy atom. The van der Waals surface area contributed by atoms with Crippen LogP contribution in [0.5, 0.6) is 0 Å². The molecule has 2 amide bonds. The molecule has 3 heterocycles. The number of fused-ring (bicyclic) bond motifs is 1. The number of hydrogen-bond acceptors (Lipinski definition) is 5. The molecule has 42 heavy (non-hydrogen) atoms. The highest BCUT2D eigenvalue weighted by Gasteiger charge is 2.36. The van der Waals surface area contributed by atoms with E-state index in [1.54, 1.807) is 12.1 Å². The Bertz CT molecular complexity index is 1630. The Kier molecular flexibility index (Phi) is 7.72. The summed E-state index contributed by atoms with van der Waals surface area (Å²) in [6, 6.07) is 12.5. The van der Waals surface area contributed by atoms with Gasteiger partial charge < -0.3 is 20.4 Å². The number of benzene rings is 2. The van der Waals surface area contributed by atoms with Gasteiger partial charge in [-0.2, -0.15) is 13.2 Å². The number of nitrogens with one attached hydrogen (secondary N) is 1. The van der Waals surface area contributed by atoms with Crippen molar-refractivity contribution in [3.63, 3.8) is 0 Å². The Morgan fingerprint density at radius 2 is 1.76 bits per heavy atom. The predicted molar refractivity (Wildman–Crippen MR) is 146 cm³/mol. The van der Waals surface area contributed by atoms with Crippen LogP contribution in [-0.2, 0) is 17.5 Å². The molecule has 1 saturated heterocycles. The van der Waals surface area contributed by atoms with Gasteiger partial charge in [-0.1, -0.05) is 12.1 Å². The van der Waals surface area contributed by atoms with Crippen LogP contribution in [0.1, 0.15) is 40.1 Å². The lowest BCUT2D eigenvalue weighted by atomic mass is 9.98. The van der Waals surface area contributed by atoms with E-state index < -0.39 is 42.3 Å². The van der Waals surface area contributed by atoms with Gasteiger partial charge in [-0.3, -0.25) is 9.59 Å². The molecular weight excluding hydrogens is 559 g/mol. The molecule has 1 aliphatic heterocycles. The Morgan fingerprint density at radius 3 is 2.40 bits per heavy atom. The van der Waals surface area contributed by atoms with E-state index in [1.807, 2.05) is 0 Å². The van der Waals surface area contributed by atoms with Crippen molar-refractivity contribution < 1.29 is 36.0 Å². The SMILES string of the molecule is Nc1ccc(C=CC(=O)NCc2cc3cc(C(F)(F)F)cc(-c4ccc(C(=O)N5CCC(F)(F)CC5)cc4)c3o2)cn1. The number of carbonyl (C=O) groups is 2. The lowest BCUT2D eigenvalue weighted by Crippen LogP contribution is -2.42. The van der Waals surface area contributed by atoms with Gasteiger partial charge in [0.2, 0.25) is 5.91 Å². The molecule has 2 aromatic carbocycles. The van der Waals surface area contributed by atoms with E-state index in [0.717, 1.165) is 12.1 Å². The maximum absolute atomic E-state index is 13.7.